The number of hydrogen-bond acceptors (Lipinski definition) is 2. The van der Waals surface area contributed by atoms with E-state index in [1.54, 1.807) is 0 Å². The van der Waals surface area contributed by atoms with Crippen molar-refractivity contribution in [2.75, 3.05) is 12.3 Å². The molecule has 0 unspecified atom stereocenters. The summed E-state index contributed by atoms with van der Waals surface area (Å²) in [5, 5.41) is 0. The molecule has 18 heavy (non-hydrogen) atoms. The van der Waals surface area contributed by atoms with Crippen molar-refractivity contribution in [1.29, 1.82) is 0 Å². The Bertz CT molecular complexity index is 359. The molecule has 0 spiro atoms. The van der Waals surface area contributed by atoms with Crippen LogP contribution in [0.25, 0.3) is 0 Å². The number of anilines is 1. The fraction of sp³-hybridized carbons (Fsp3) is 0.625. The van der Waals surface area contributed by atoms with Gasteiger partial charge < -0.3 is 10.5 Å². The molecule has 2 rings (SSSR count). The predicted octanol–water partition coefficient (Wildman–Crippen LogP) is 3.80. The summed E-state index contributed by atoms with van der Waals surface area (Å²) in [4.78, 5) is 0. The zero-order valence-electron chi connectivity index (χ0n) is 11.6. The number of nitrogen functional groups attached to an aromatic ring is 1. The van der Waals surface area contributed by atoms with Crippen LogP contribution in [0.2, 0.25) is 0 Å². The van der Waals surface area contributed by atoms with Gasteiger partial charge in [0, 0.05) is 5.69 Å². The van der Waals surface area contributed by atoms with Gasteiger partial charge in [-0.25, -0.2) is 0 Å². The number of hydrogen-bond donors (Lipinski definition) is 1. The number of ether oxygens (including phenoxy) is 1. The molecule has 1 aliphatic rings. The van der Waals surface area contributed by atoms with E-state index in [2.05, 4.69) is 26.0 Å². The Balaban J connectivity index is 1.68. The molecule has 0 bridgehead atoms. The van der Waals surface area contributed by atoms with E-state index < -0.39 is 0 Å². The van der Waals surface area contributed by atoms with E-state index >= 15 is 0 Å². The van der Waals surface area contributed by atoms with Gasteiger partial charge in [0.2, 0.25) is 0 Å². The third kappa shape index (κ3) is 4.02. The Morgan fingerprint density at radius 2 is 1.78 bits per heavy atom. The van der Waals surface area contributed by atoms with E-state index in [0.29, 0.717) is 11.5 Å². The second-order valence-corrected chi connectivity index (χ2v) is 6.23. The SMILES string of the molecule is CC1(C)CCC(OCCc2ccc(N)cc2)CC1. The fourth-order valence-corrected chi connectivity index (χ4v) is 2.57. The second kappa shape index (κ2) is 5.75. The summed E-state index contributed by atoms with van der Waals surface area (Å²) < 4.78 is 5.98. The summed E-state index contributed by atoms with van der Waals surface area (Å²) in [5.74, 6) is 0. The van der Waals surface area contributed by atoms with Crippen molar-refractivity contribution in [2.45, 2.75) is 52.1 Å². The molecule has 2 nitrogen and oxygen atoms in total. The van der Waals surface area contributed by atoms with Crippen molar-refractivity contribution in [3.63, 3.8) is 0 Å². The molecule has 100 valence electrons. The van der Waals surface area contributed by atoms with Gasteiger partial charge in [-0.15, -0.1) is 0 Å². The molecule has 0 heterocycles. The topological polar surface area (TPSA) is 35.2 Å². The van der Waals surface area contributed by atoms with Crippen molar-refractivity contribution in [3.8, 4) is 0 Å². The molecular weight excluding hydrogens is 222 g/mol. The lowest BCUT2D eigenvalue weighted by molar-refractivity contribution is 0.00588. The Labute approximate surface area is 111 Å². The van der Waals surface area contributed by atoms with Gasteiger partial charge in [0.1, 0.15) is 0 Å². The van der Waals surface area contributed by atoms with Crippen LogP contribution in [0, 0.1) is 5.41 Å². The average Bonchev–Trinajstić information content (AvgIpc) is 2.34. The lowest BCUT2D eigenvalue weighted by atomic mass is 9.76. The van der Waals surface area contributed by atoms with Gasteiger partial charge in [-0.3, -0.25) is 0 Å². The predicted molar refractivity (Wildman–Crippen MR) is 76.5 cm³/mol. The first-order valence-electron chi connectivity index (χ1n) is 7.01. The normalized spacial score (nSPS) is 19.9. The van der Waals surface area contributed by atoms with Crippen LogP contribution in [-0.4, -0.2) is 12.7 Å². The molecule has 1 aromatic carbocycles. The molecule has 2 heteroatoms. The van der Waals surface area contributed by atoms with Gasteiger partial charge in [-0.1, -0.05) is 26.0 Å². The van der Waals surface area contributed by atoms with Crippen LogP contribution in [0.5, 0.6) is 0 Å². The molecular formula is C16H25NO. The highest BCUT2D eigenvalue weighted by molar-refractivity contribution is 5.39. The quantitative estimate of drug-likeness (QED) is 0.821. The van der Waals surface area contributed by atoms with Crippen LogP contribution >= 0.6 is 0 Å². The Morgan fingerprint density at radius 3 is 2.39 bits per heavy atom. The van der Waals surface area contributed by atoms with E-state index in [4.69, 9.17) is 10.5 Å². The van der Waals surface area contributed by atoms with Crippen molar-refractivity contribution in [2.24, 2.45) is 5.41 Å². The van der Waals surface area contributed by atoms with Crippen LogP contribution < -0.4 is 5.73 Å². The minimum Gasteiger partial charge on any atom is -0.399 e. The zero-order chi connectivity index (χ0) is 13.0. The number of rotatable bonds is 4. The van der Waals surface area contributed by atoms with E-state index in [9.17, 15) is 0 Å². The smallest absolute Gasteiger partial charge is 0.0575 e. The van der Waals surface area contributed by atoms with Crippen LogP contribution in [0.3, 0.4) is 0 Å². The highest BCUT2D eigenvalue weighted by Crippen LogP contribution is 2.36. The van der Waals surface area contributed by atoms with Crippen LogP contribution in [-0.2, 0) is 11.2 Å². The van der Waals surface area contributed by atoms with Crippen LogP contribution in [0.15, 0.2) is 24.3 Å². The first kappa shape index (κ1) is 13.4. The van der Waals surface area contributed by atoms with Gasteiger partial charge in [0.25, 0.3) is 0 Å². The molecule has 0 amide bonds. The number of nitrogens with two attached hydrogens (primary N) is 1. The maximum atomic E-state index is 5.98. The minimum absolute atomic E-state index is 0.479. The van der Waals surface area contributed by atoms with E-state index in [-0.39, 0.29) is 0 Å². The van der Waals surface area contributed by atoms with E-state index in [0.717, 1.165) is 18.7 Å². The first-order chi connectivity index (χ1) is 8.55. The monoisotopic (exact) mass is 247 g/mol. The van der Waals surface area contributed by atoms with Gasteiger partial charge in [-0.05, 0) is 55.2 Å². The van der Waals surface area contributed by atoms with Crippen molar-refractivity contribution in [1.82, 2.24) is 0 Å². The molecule has 1 saturated carbocycles. The second-order valence-electron chi connectivity index (χ2n) is 6.23. The summed E-state index contributed by atoms with van der Waals surface area (Å²) in [7, 11) is 0. The summed E-state index contributed by atoms with van der Waals surface area (Å²) in [5.41, 5.74) is 8.32. The Morgan fingerprint density at radius 1 is 1.17 bits per heavy atom. The lowest BCUT2D eigenvalue weighted by Crippen LogP contribution is -2.27. The molecule has 0 aromatic heterocycles. The number of benzene rings is 1. The summed E-state index contributed by atoms with van der Waals surface area (Å²) in [6.07, 6.45) is 6.48. The molecule has 1 aliphatic carbocycles. The van der Waals surface area contributed by atoms with Crippen LogP contribution in [0.4, 0.5) is 5.69 Å². The Kier molecular flexibility index (Phi) is 4.28. The lowest BCUT2D eigenvalue weighted by Gasteiger charge is -2.34. The third-order valence-corrected chi connectivity index (χ3v) is 4.01. The highest BCUT2D eigenvalue weighted by atomic mass is 16.5. The molecule has 2 N–H and O–H groups in total. The van der Waals surface area contributed by atoms with Gasteiger partial charge in [0.15, 0.2) is 0 Å². The van der Waals surface area contributed by atoms with Crippen molar-refractivity contribution in [3.05, 3.63) is 29.8 Å². The zero-order valence-corrected chi connectivity index (χ0v) is 11.6. The third-order valence-electron chi connectivity index (χ3n) is 4.01. The molecule has 1 aromatic rings. The maximum absolute atomic E-state index is 5.98. The largest absolute Gasteiger partial charge is 0.399 e. The van der Waals surface area contributed by atoms with Gasteiger partial charge in [0.05, 0.1) is 12.7 Å². The summed E-state index contributed by atoms with van der Waals surface area (Å²) in [6.45, 7) is 5.55. The highest BCUT2D eigenvalue weighted by Gasteiger charge is 2.26. The summed E-state index contributed by atoms with van der Waals surface area (Å²) in [6, 6.07) is 8.09. The van der Waals surface area contributed by atoms with Crippen molar-refractivity contribution >= 4 is 5.69 Å². The van der Waals surface area contributed by atoms with E-state index in [1.807, 2.05) is 12.1 Å². The average molecular weight is 247 g/mol. The standard InChI is InChI=1S/C16H25NO/c1-16(2)10-7-15(8-11-16)18-12-9-13-3-5-14(17)6-4-13/h3-6,15H,7-12,17H2,1-2H3. The molecule has 1 fully saturated rings. The van der Waals surface area contributed by atoms with E-state index in [1.165, 1.54) is 31.2 Å². The van der Waals surface area contributed by atoms with Gasteiger partial charge in [-0.2, -0.15) is 0 Å². The van der Waals surface area contributed by atoms with Gasteiger partial charge >= 0.3 is 0 Å². The molecule has 0 radical (unpaired) electrons. The molecule has 0 aliphatic heterocycles. The minimum atomic E-state index is 0.479. The fourth-order valence-electron chi connectivity index (χ4n) is 2.57. The maximum Gasteiger partial charge on any atom is 0.0575 e. The van der Waals surface area contributed by atoms with Crippen LogP contribution in [0.1, 0.15) is 45.1 Å². The Hall–Kier alpha value is -1.02. The molecule has 0 atom stereocenters. The molecule has 0 saturated heterocycles. The summed E-state index contributed by atoms with van der Waals surface area (Å²) >= 11 is 0. The first-order valence-corrected chi connectivity index (χ1v) is 7.01. The van der Waals surface area contributed by atoms with Crippen molar-refractivity contribution < 1.29 is 4.74 Å².